The summed E-state index contributed by atoms with van der Waals surface area (Å²) in [5.74, 6) is -0.138. The maximum Gasteiger partial charge on any atom is 0.339 e. The lowest BCUT2D eigenvalue weighted by Gasteiger charge is -2.15. The van der Waals surface area contributed by atoms with E-state index in [0.29, 0.717) is 13.0 Å². The molecule has 1 saturated heterocycles. The summed E-state index contributed by atoms with van der Waals surface area (Å²) in [6.45, 7) is 0.953. The van der Waals surface area contributed by atoms with E-state index in [1.54, 1.807) is 0 Å². The SMILES string of the molecule is O=C(NOCc1ccccc1)N[C@@H]1CCCCNC1=O. The zero-order valence-corrected chi connectivity index (χ0v) is 11.2. The lowest BCUT2D eigenvalue weighted by atomic mass is 10.1. The Bertz CT molecular complexity index is 450. The summed E-state index contributed by atoms with van der Waals surface area (Å²) in [5, 5.41) is 5.37. The number of hydrogen-bond donors (Lipinski definition) is 3. The third kappa shape index (κ3) is 4.55. The molecular formula is C14H19N3O3. The molecule has 1 fully saturated rings. The zero-order chi connectivity index (χ0) is 14.2. The van der Waals surface area contributed by atoms with Crippen molar-refractivity contribution in [3.63, 3.8) is 0 Å². The molecule has 3 amide bonds. The molecule has 1 atom stereocenters. The summed E-state index contributed by atoms with van der Waals surface area (Å²) in [6.07, 6.45) is 2.50. The van der Waals surface area contributed by atoms with Crippen molar-refractivity contribution < 1.29 is 14.4 Å². The van der Waals surface area contributed by atoms with Crippen LogP contribution in [0.5, 0.6) is 0 Å². The number of carbonyl (C=O) groups is 2. The maximum absolute atomic E-state index is 11.7. The molecule has 1 aliphatic heterocycles. The predicted molar refractivity (Wildman–Crippen MR) is 73.5 cm³/mol. The van der Waals surface area contributed by atoms with Crippen LogP contribution in [0.1, 0.15) is 24.8 Å². The summed E-state index contributed by atoms with van der Waals surface area (Å²) in [4.78, 5) is 28.4. The second kappa shape index (κ2) is 7.49. The number of rotatable bonds is 4. The van der Waals surface area contributed by atoms with E-state index >= 15 is 0 Å². The highest BCUT2D eigenvalue weighted by Gasteiger charge is 2.22. The minimum absolute atomic E-state index is 0.138. The van der Waals surface area contributed by atoms with Gasteiger partial charge in [-0.25, -0.2) is 10.3 Å². The van der Waals surface area contributed by atoms with Crippen LogP contribution in [-0.2, 0) is 16.2 Å². The van der Waals surface area contributed by atoms with Crippen molar-refractivity contribution in [2.24, 2.45) is 0 Å². The number of urea groups is 1. The maximum atomic E-state index is 11.7. The number of hydroxylamine groups is 1. The van der Waals surface area contributed by atoms with Crippen molar-refractivity contribution in [3.05, 3.63) is 35.9 Å². The molecule has 0 radical (unpaired) electrons. The minimum atomic E-state index is -0.497. The summed E-state index contributed by atoms with van der Waals surface area (Å²) >= 11 is 0. The average Bonchev–Trinajstić information content (AvgIpc) is 2.65. The van der Waals surface area contributed by atoms with Crippen molar-refractivity contribution in [2.75, 3.05) is 6.54 Å². The first-order valence-electron chi connectivity index (χ1n) is 6.75. The normalized spacial score (nSPS) is 18.8. The van der Waals surface area contributed by atoms with Gasteiger partial charge in [-0.2, -0.15) is 0 Å². The fourth-order valence-electron chi connectivity index (χ4n) is 2.02. The molecule has 1 aromatic rings. The highest BCUT2D eigenvalue weighted by molar-refractivity contribution is 5.86. The molecule has 108 valence electrons. The molecule has 0 unspecified atom stereocenters. The van der Waals surface area contributed by atoms with E-state index in [9.17, 15) is 9.59 Å². The van der Waals surface area contributed by atoms with Crippen LogP contribution in [0.25, 0.3) is 0 Å². The smallest absolute Gasteiger partial charge is 0.339 e. The molecule has 0 spiro atoms. The number of nitrogens with one attached hydrogen (secondary N) is 3. The Morgan fingerprint density at radius 1 is 1.30 bits per heavy atom. The van der Waals surface area contributed by atoms with Gasteiger partial charge in [0.25, 0.3) is 0 Å². The Morgan fingerprint density at radius 3 is 2.90 bits per heavy atom. The Kier molecular flexibility index (Phi) is 5.37. The van der Waals surface area contributed by atoms with Crippen LogP contribution in [0.2, 0.25) is 0 Å². The van der Waals surface area contributed by atoms with Gasteiger partial charge < -0.3 is 10.6 Å². The van der Waals surface area contributed by atoms with E-state index in [0.717, 1.165) is 18.4 Å². The van der Waals surface area contributed by atoms with Gasteiger partial charge in [-0.05, 0) is 24.8 Å². The molecule has 1 aliphatic rings. The number of hydrogen-bond acceptors (Lipinski definition) is 3. The van der Waals surface area contributed by atoms with Crippen LogP contribution >= 0.6 is 0 Å². The van der Waals surface area contributed by atoms with Crippen molar-refractivity contribution in [3.8, 4) is 0 Å². The second-order valence-corrected chi connectivity index (χ2v) is 4.69. The topological polar surface area (TPSA) is 79.5 Å². The van der Waals surface area contributed by atoms with Gasteiger partial charge in [0.1, 0.15) is 6.04 Å². The highest BCUT2D eigenvalue weighted by Crippen LogP contribution is 2.05. The lowest BCUT2D eigenvalue weighted by Crippen LogP contribution is -2.49. The fourth-order valence-corrected chi connectivity index (χ4v) is 2.02. The van der Waals surface area contributed by atoms with E-state index in [1.165, 1.54) is 0 Å². The molecule has 0 saturated carbocycles. The zero-order valence-electron chi connectivity index (χ0n) is 11.2. The first kappa shape index (κ1) is 14.3. The Labute approximate surface area is 117 Å². The van der Waals surface area contributed by atoms with Gasteiger partial charge in [-0.3, -0.25) is 9.63 Å². The van der Waals surface area contributed by atoms with Crippen molar-refractivity contribution in [2.45, 2.75) is 31.9 Å². The van der Waals surface area contributed by atoms with Gasteiger partial charge in [0, 0.05) is 6.54 Å². The van der Waals surface area contributed by atoms with Crippen LogP contribution in [0.15, 0.2) is 30.3 Å². The van der Waals surface area contributed by atoms with Crippen molar-refractivity contribution >= 4 is 11.9 Å². The molecule has 0 aromatic heterocycles. The quantitative estimate of drug-likeness (QED) is 0.721. The monoisotopic (exact) mass is 277 g/mol. The Balaban J connectivity index is 1.70. The molecule has 20 heavy (non-hydrogen) atoms. The van der Waals surface area contributed by atoms with Crippen LogP contribution in [0.4, 0.5) is 4.79 Å². The number of benzene rings is 1. The molecule has 6 heteroatoms. The molecule has 1 heterocycles. The Hall–Kier alpha value is -2.08. The van der Waals surface area contributed by atoms with E-state index in [-0.39, 0.29) is 12.5 Å². The molecule has 3 N–H and O–H groups in total. The molecule has 6 nitrogen and oxygen atoms in total. The third-order valence-electron chi connectivity index (χ3n) is 3.09. The van der Waals surface area contributed by atoms with Gasteiger partial charge in [-0.1, -0.05) is 30.3 Å². The van der Waals surface area contributed by atoms with Gasteiger partial charge >= 0.3 is 6.03 Å². The van der Waals surface area contributed by atoms with Crippen LogP contribution in [0, 0.1) is 0 Å². The second-order valence-electron chi connectivity index (χ2n) is 4.69. The molecular weight excluding hydrogens is 258 g/mol. The van der Waals surface area contributed by atoms with Gasteiger partial charge in [-0.15, -0.1) is 0 Å². The first-order valence-corrected chi connectivity index (χ1v) is 6.75. The van der Waals surface area contributed by atoms with Gasteiger partial charge in [0.05, 0.1) is 6.61 Å². The van der Waals surface area contributed by atoms with Crippen molar-refractivity contribution in [1.29, 1.82) is 0 Å². The van der Waals surface area contributed by atoms with E-state index in [4.69, 9.17) is 4.84 Å². The first-order chi connectivity index (χ1) is 9.75. The summed E-state index contributed by atoms with van der Waals surface area (Å²) in [5.41, 5.74) is 3.25. The third-order valence-corrected chi connectivity index (χ3v) is 3.09. The standard InChI is InChI=1S/C14H19N3O3/c18-13-12(8-4-5-9-15-13)16-14(19)17-20-10-11-6-2-1-3-7-11/h1-3,6-7,12H,4-5,8-10H2,(H,15,18)(H2,16,17,19)/t12-/m1/s1. The fraction of sp³-hybridized carbons (Fsp3) is 0.429. The average molecular weight is 277 g/mol. The van der Waals surface area contributed by atoms with Crippen LogP contribution < -0.4 is 16.1 Å². The minimum Gasteiger partial charge on any atom is -0.354 e. The van der Waals surface area contributed by atoms with E-state index in [2.05, 4.69) is 16.1 Å². The van der Waals surface area contributed by atoms with E-state index < -0.39 is 12.1 Å². The number of carbonyl (C=O) groups excluding carboxylic acids is 2. The van der Waals surface area contributed by atoms with Gasteiger partial charge in [0.15, 0.2) is 0 Å². The van der Waals surface area contributed by atoms with Crippen LogP contribution in [0.3, 0.4) is 0 Å². The predicted octanol–water partition coefficient (Wildman–Crippen LogP) is 1.09. The molecule has 1 aromatic carbocycles. The highest BCUT2D eigenvalue weighted by atomic mass is 16.7. The van der Waals surface area contributed by atoms with Crippen LogP contribution in [-0.4, -0.2) is 24.5 Å². The van der Waals surface area contributed by atoms with Crippen molar-refractivity contribution in [1.82, 2.24) is 16.1 Å². The Morgan fingerprint density at radius 2 is 2.10 bits per heavy atom. The number of amides is 3. The molecule has 0 bridgehead atoms. The van der Waals surface area contributed by atoms with Gasteiger partial charge in [0.2, 0.25) is 5.91 Å². The van der Waals surface area contributed by atoms with E-state index in [1.807, 2.05) is 30.3 Å². The summed E-state index contributed by atoms with van der Waals surface area (Å²) in [7, 11) is 0. The lowest BCUT2D eigenvalue weighted by molar-refractivity contribution is -0.122. The summed E-state index contributed by atoms with van der Waals surface area (Å²) in [6, 6.07) is 8.52. The molecule has 2 rings (SSSR count). The summed E-state index contributed by atoms with van der Waals surface area (Å²) < 4.78 is 0. The molecule has 0 aliphatic carbocycles. The largest absolute Gasteiger partial charge is 0.354 e.